The average molecular weight is 525 g/mol. The molecule has 1 aromatic carbocycles. The van der Waals surface area contributed by atoms with E-state index in [4.69, 9.17) is 32.4 Å². The number of amides is 1. The van der Waals surface area contributed by atoms with Gasteiger partial charge in [0.25, 0.3) is 0 Å². The van der Waals surface area contributed by atoms with E-state index >= 15 is 0 Å². The molecule has 0 bridgehead atoms. The van der Waals surface area contributed by atoms with Gasteiger partial charge in [-0.25, -0.2) is 5.43 Å². The molecule has 9 heteroatoms. The van der Waals surface area contributed by atoms with Crippen molar-refractivity contribution >= 4 is 67.2 Å². The highest BCUT2D eigenvalue weighted by Gasteiger charge is 2.66. The van der Waals surface area contributed by atoms with Crippen LogP contribution in [0, 0.1) is 5.41 Å². The molecule has 0 radical (unpaired) electrons. The van der Waals surface area contributed by atoms with Gasteiger partial charge in [-0.3, -0.25) is 4.79 Å². The van der Waals surface area contributed by atoms with Crippen LogP contribution in [0.4, 0.5) is 0 Å². The largest absolute Gasteiger partial charge is 0.486 e. The van der Waals surface area contributed by atoms with E-state index in [1.807, 2.05) is 6.92 Å². The number of hydrogen-bond donors (Lipinski definition) is 1. The first-order chi connectivity index (χ1) is 12.2. The van der Waals surface area contributed by atoms with Gasteiger partial charge in [0.1, 0.15) is 23.9 Å². The Hall–Kier alpha value is -1.02. The van der Waals surface area contributed by atoms with E-state index in [9.17, 15) is 4.79 Å². The Morgan fingerprint density at radius 3 is 2.73 bits per heavy atom. The SMILES string of the molecule is C[C@@]1(C(=O)NN=Cc2ccc(COc3ccc(Cl)c(Cl)c3)o2)CC1(Br)Br. The first-order valence-electron chi connectivity index (χ1n) is 7.59. The number of furan rings is 1. The van der Waals surface area contributed by atoms with Gasteiger partial charge < -0.3 is 9.15 Å². The van der Waals surface area contributed by atoms with Crippen LogP contribution in [-0.4, -0.2) is 15.4 Å². The number of hydrogen-bond acceptors (Lipinski definition) is 4. The molecule has 3 rings (SSSR count). The molecule has 1 saturated carbocycles. The molecule has 1 aliphatic rings. The molecule has 5 nitrogen and oxygen atoms in total. The van der Waals surface area contributed by atoms with Crippen LogP contribution in [0.3, 0.4) is 0 Å². The van der Waals surface area contributed by atoms with Gasteiger partial charge in [0.05, 0.1) is 24.9 Å². The fourth-order valence-electron chi connectivity index (χ4n) is 2.19. The van der Waals surface area contributed by atoms with Crippen LogP contribution in [-0.2, 0) is 11.4 Å². The predicted molar refractivity (Wildman–Crippen MR) is 109 cm³/mol. The van der Waals surface area contributed by atoms with Gasteiger partial charge in [0.2, 0.25) is 5.91 Å². The number of nitrogens with zero attached hydrogens (tertiary/aromatic N) is 1. The fraction of sp³-hybridized carbons (Fsp3) is 0.294. The van der Waals surface area contributed by atoms with Crippen molar-refractivity contribution in [1.29, 1.82) is 0 Å². The van der Waals surface area contributed by atoms with Gasteiger partial charge in [0.15, 0.2) is 0 Å². The molecule has 1 aromatic heterocycles. The summed E-state index contributed by atoms with van der Waals surface area (Å²) < 4.78 is 10.8. The summed E-state index contributed by atoms with van der Waals surface area (Å²) in [7, 11) is 0. The van der Waals surface area contributed by atoms with Gasteiger partial charge >= 0.3 is 0 Å². The lowest BCUT2D eigenvalue weighted by Gasteiger charge is -2.09. The minimum absolute atomic E-state index is 0.169. The van der Waals surface area contributed by atoms with Crippen molar-refractivity contribution in [1.82, 2.24) is 5.43 Å². The smallest absolute Gasteiger partial charge is 0.248 e. The average Bonchev–Trinajstić information content (AvgIpc) is 2.93. The standard InChI is InChI=1S/C17H14Br2Cl2N2O3/c1-16(9-17(16,18)19)15(24)23-22-7-11-2-3-12(26-11)8-25-10-4-5-13(20)14(21)6-10/h2-7H,8-9H2,1H3,(H,23,24)/t16-/m0/s1. The highest BCUT2D eigenvalue weighted by atomic mass is 79.9. The summed E-state index contributed by atoms with van der Waals surface area (Å²) in [5.74, 6) is 1.53. The first kappa shape index (κ1) is 19.7. The Morgan fingerprint density at radius 2 is 2.08 bits per heavy atom. The number of halogens is 4. The Morgan fingerprint density at radius 1 is 1.35 bits per heavy atom. The van der Waals surface area contributed by atoms with Crippen LogP contribution in [0.5, 0.6) is 5.75 Å². The minimum Gasteiger partial charge on any atom is -0.486 e. The second kappa shape index (κ2) is 7.54. The summed E-state index contributed by atoms with van der Waals surface area (Å²) in [6, 6.07) is 8.53. The Kier molecular flexibility index (Phi) is 5.72. The maximum Gasteiger partial charge on any atom is 0.248 e. The van der Waals surface area contributed by atoms with Gasteiger partial charge in [0, 0.05) is 6.07 Å². The molecule has 1 fully saturated rings. The van der Waals surface area contributed by atoms with Crippen LogP contribution in [0.25, 0.3) is 0 Å². The first-order valence-corrected chi connectivity index (χ1v) is 9.93. The van der Waals surface area contributed by atoms with E-state index in [0.717, 1.165) is 0 Å². The minimum atomic E-state index is -0.521. The fourth-order valence-corrected chi connectivity index (χ4v) is 3.96. The van der Waals surface area contributed by atoms with Crippen LogP contribution < -0.4 is 10.2 Å². The number of alkyl halides is 2. The van der Waals surface area contributed by atoms with Crippen molar-refractivity contribution in [3.8, 4) is 5.75 Å². The molecular formula is C17H14Br2Cl2N2O3. The third-order valence-electron chi connectivity index (χ3n) is 4.07. The Balaban J connectivity index is 1.51. The molecular weight excluding hydrogens is 511 g/mol. The van der Waals surface area contributed by atoms with Crippen molar-refractivity contribution in [2.45, 2.75) is 23.2 Å². The lowest BCUT2D eigenvalue weighted by Crippen LogP contribution is -2.29. The molecule has 1 aliphatic carbocycles. The van der Waals surface area contributed by atoms with E-state index in [0.29, 0.717) is 33.7 Å². The van der Waals surface area contributed by atoms with Gasteiger partial charge in [-0.15, -0.1) is 0 Å². The summed E-state index contributed by atoms with van der Waals surface area (Å²) in [5, 5.41) is 4.82. The lowest BCUT2D eigenvalue weighted by atomic mass is 10.1. The molecule has 138 valence electrons. The molecule has 0 unspecified atom stereocenters. The number of ether oxygens (including phenoxy) is 1. The van der Waals surface area contributed by atoms with E-state index < -0.39 is 5.41 Å². The second-order valence-corrected chi connectivity index (χ2v) is 10.7. The van der Waals surface area contributed by atoms with Crippen molar-refractivity contribution < 1.29 is 13.9 Å². The normalized spacial score (nSPS) is 21.0. The van der Waals surface area contributed by atoms with E-state index in [1.54, 1.807) is 30.3 Å². The Bertz CT molecular complexity index is 869. The van der Waals surface area contributed by atoms with Gasteiger partial charge in [-0.05, 0) is 37.6 Å². The number of hydrazone groups is 1. The summed E-state index contributed by atoms with van der Waals surface area (Å²) >= 11 is 18.7. The highest BCUT2D eigenvalue weighted by Crippen LogP contribution is 2.66. The monoisotopic (exact) mass is 522 g/mol. The highest BCUT2D eigenvalue weighted by molar-refractivity contribution is 9.25. The van der Waals surface area contributed by atoms with Crippen molar-refractivity contribution in [2.75, 3.05) is 0 Å². The third kappa shape index (κ3) is 4.27. The molecule has 0 saturated heterocycles. The quantitative estimate of drug-likeness (QED) is 0.308. The molecule has 1 heterocycles. The molecule has 1 amide bonds. The maximum absolute atomic E-state index is 12.1. The van der Waals surface area contributed by atoms with Crippen LogP contribution in [0.2, 0.25) is 10.0 Å². The number of rotatable bonds is 6. The lowest BCUT2D eigenvalue weighted by molar-refractivity contribution is -0.125. The summed E-state index contributed by atoms with van der Waals surface area (Å²) in [6.07, 6.45) is 2.13. The molecule has 0 aliphatic heterocycles. The summed E-state index contributed by atoms with van der Waals surface area (Å²) in [6.45, 7) is 2.08. The molecule has 0 spiro atoms. The molecule has 2 aromatic rings. The summed E-state index contributed by atoms with van der Waals surface area (Å²) in [4.78, 5) is 12.1. The zero-order valence-electron chi connectivity index (χ0n) is 13.6. The van der Waals surface area contributed by atoms with Crippen LogP contribution in [0.1, 0.15) is 24.9 Å². The number of carbonyl (C=O) groups is 1. The predicted octanol–water partition coefficient (Wildman–Crippen LogP) is 5.51. The molecule has 26 heavy (non-hydrogen) atoms. The Labute approximate surface area is 177 Å². The van der Waals surface area contributed by atoms with Crippen molar-refractivity contribution in [3.05, 3.63) is 51.9 Å². The van der Waals surface area contributed by atoms with E-state index in [1.165, 1.54) is 6.21 Å². The number of nitrogens with one attached hydrogen (secondary N) is 1. The second-order valence-electron chi connectivity index (χ2n) is 6.08. The zero-order valence-corrected chi connectivity index (χ0v) is 18.2. The number of benzene rings is 1. The maximum atomic E-state index is 12.1. The summed E-state index contributed by atoms with van der Waals surface area (Å²) in [5.41, 5.74) is 2.00. The molecule has 1 N–H and O–H groups in total. The van der Waals surface area contributed by atoms with Crippen LogP contribution >= 0.6 is 55.1 Å². The van der Waals surface area contributed by atoms with E-state index in [2.05, 4.69) is 42.4 Å². The van der Waals surface area contributed by atoms with Gasteiger partial charge in [-0.1, -0.05) is 55.1 Å². The topological polar surface area (TPSA) is 63.8 Å². The van der Waals surface area contributed by atoms with Crippen molar-refractivity contribution in [2.24, 2.45) is 10.5 Å². The number of carbonyl (C=O) groups excluding carboxylic acids is 1. The van der Waals surface area contributed by atoms with Crippen molar-refractivity contribution in [3.63, 3.8) is 0 Å². The molecule has 1 atom stereocenters. The van der Waals surface area contributed by atoms with Gasteiger partial charge in [-0.2, -0.15) is 5.10 Å². The van der Waals surface area contributed by atoms with Crippen LogP contribution in [0.15, 0.2) is 39.9 Å². The zero-order chi connectivity index (χ0) is 18.9. The van der Waals surface area contributed by atoms with E-state index in [-0.39, 0.29) is 15.7 Å². The third-order valence-corrected chi connectivity index (χ3v) is 7.12.